The van der Waals surface area contributed by atoms with Gasteiger partial charge in [0.15, 0.2) is 14.1 Å². The van der Waals surface area contributed by atoms with Crippen molar-refractivity contribution in [1.29, 1.82) is 0 Å². The fourth-order valence-electron chi connectivity index (χ4n) is 1.54. The van der Waals surface area contributed by atoms with Crippen molar-refractivity contribution in [3.8, 4) is 0 Å². The van der Waals surface area contributed by atoms with Crippen LogP contribution in [-0.2, 0) is 0 Å². The minimum atomic E-state index is -0.500. The molecule has 4 N–H and O–H groups in total. The highest BCUT2D eigenvalue weighted by molar-refractivity contribution is 5.00. The van der Waals surface area contributed by atoms with E-state index in [1.165, 1.54) is 14.1 Å². The zero-order valence-electron chi connectivity index (χ0n) is 37.5. The lowest BCUT2D eigenvalue weighted by atomic mass is 10.4. The number of rotatable bonds is 0. The standard InChI is InChI=1S/4C6H6.8C2H6.2CH3NO2.2CH5N.CH4/c4*1-2-4-6-5-3-1;8*1-2;2*1-2(3)4;2*1-2;/h4*1-6H;8*1-2H3;2*1H3;2*2H2,1H3;1H4. The minimum Gasteiger partial charge on any atom is -0.333 e. The van der Waals surface area contributed by atoms with Crippen molar-refractivity contribution in [2.75, 3.05) is 28.2 Å². The first kappa shape index (κ1) is 86.9. The third-order valence-corrected chi connectivity index (χ3v) is 2.67. The Labute approximate surface area is 332 Å². The number of hydrogen-bond acceptors (Lipinski definition) is 6. The number of hydrogen-bond donors (Lipinski definition) is 2. The summed E-state index contributed by atoms with van der Waals surface area (Å²) in [5.41, 5.74) is 9.00. The van der Waals surface area contributed by atoms with Crippen molar-refractivity contribution in [2.45, 2.75) is 118 Å². The van der Waals surface area contributed by atoms with E-state index >= 15 is 0 Å². The van der Waals surface area contributed by atoms with Crippen LogP contribution in [0.1, 0.15) is 118 Å². The first-order valence-corrected chi connectivity index (χ1v) is 18.8. The van der Waals surface area contributed by atoms with Gasteiger partial charge in [0.1, 0.15) is 0 Å². The maximum atomic E-state index is 8.81. The first-order chi connectivity index (χ1) is 25.5. The average Bonchev–Trinajstić information content (AvgIpc) is 3.28. The summed E-state index contributed by atoms with van der Waals surface area (Å²) in [7, 11) is 4.78. The lowest BCUT2D eigenvalue weighted by Crippen LogP contribution is -1.79. The van der Waals surface area contributed by atoms with Crippen molar-refractivity contribution < 1.29 is 9.85 Å². The zero-order chi connectivity index (χ0) is 44.1. The second kappa shape index (κ2) is 158. The molecule has 8 heteroatoms. The molecule has 0 unspecified atom stereocenters. The number of nitrogens with zero attached hydrogens (tertiary/aromatic N) is 2. The average molecular weight is 753 g/mol. The van der Waals surface area contributed by atoms with E-state index < -0.39 is 9.85 Å². The normalized spacial score (nSPS) is 5.70. The molecule has 0 atom stereocenters. The van der Waals surface area contributed by atoms with Crippen molar-refractivity contribution in [3.63, 3.8) is 0 Å². The van der Waals surface area contributed by atoms with Crippen molar-refractivity contribution in [3.05, 3.63) is 166 Å². The molecule has 0 spiro atoms. The molecule has 8 nitrogen and oxygen atoms in total. The van der Waals surface area contributed by atoms with Gasteiger partial charge < -0.3 is 11.5 Å². The first-order valence-electron chi connectivity index (χ1n) is 18.8. The Balaban J connectivity index is -0.0000000302. The summed E-state index contributed by atoms with van der Waals surface area (Å²) in [6, 6.07) is 48.0. The molecule has 0 saturated heterocycles. The summed E-state index contributed by atoms with van der Waals surface area (Å²) >= 11 is 0. The minimum absolute atomic E-state index is 0. The summed E-state index contributed by atoms with van der Waals surface area (Å²) in [5, 5.41) is 17.6. The fraction of sp³-hybridized carbons (Fsp3) is 0.467. The summed E-state index contributed by atoms with van der Waals surface area (Å²) in [4.78, 5) is 16.6. The molecule has 4 aromatic rings. The van der Waals surface area contributed by atoms with Crippen molar-refractivity contribution in [1.82, 2.24) is 0 Å². The molecule has 0 amide bonds. The Morgan fingerprint density at radius 1 is 0.264 bits per heavy atom. The Morgan fingerprint density at radius 3 is 0.302 bits per heavy atom. The van der Waals surface area contributed by atoms with E-state index in [0.717, 1.165) is 14.1 Å². The predicted molar refractivity (Wildman–Crippen MR) is 249 cm³/mol. The molecule has 4 rings (SSSR count). The number of nitro groups is 2. The molecule has 0 aliphatic rings. The quantitative estimate of drug-likeness (QED) is 0.135. The Bertz CT molecular complexity index is 607. The Morgan fingerprint density at radius 2 is 0.283 bits per heavy atom. The van der Waals surface area contributed by atoms with Gasteiger partial charge in [-0.1, -0.05) is 264 Å². The zero-order valence-corrected chi connectivity index (χ0v) is 37.5. The van der Waals surface area contributed by atoms with E-state index in [-0.39, 0.29) is 7.43 Å². The summed E-state index contributed by atoms with van der Waals surface area (Å²) < 4.78 is 0. The molecule has 0 fully saturated rings. The molecule has 0 aliphatic carbocycles. The van der Waals surface area contributed by atoms with Gasteiger partial charge in [0.2, 0.25) is 0 Å². The highest BCUT2D eigenvalue weighted by Gasteiger charge is 1.60. The molecule has 4 aromatic carbocycles. The lowest BCUT2D eigenvalue weighted by Gasteiger charge is -1.69. The van der Waals surface area contributed by atoms with Crippen molar-refractivity contribution >= 4 is 0 Å². The third kappa shape index (κ3) is 258. The van der Waals surface area contributed by atoms with Gasteiger partial charge in [-0.3, -0.25) is 20.2 Å². The molecule has 0 bridgehead atoms. The van der Waals surface area contributed by atoms with Crippen LogP contribution in [0.3, 0.4) is 0 Å². The van der Waals surface area contributed by atoms with Gasteiger partial charge in [0.25, 0.3) is 0 Å². The molecule has 316 valence electrons. The van der Waals surface area contributed by atoms with Gasteiger partial charge in [-0.25, -0.2) is 0 Å². The second-order valence-electron chi connectivity index (χ2n) is 5.50. The monoisotopic (exact) mass is 753 g/mol. The molecular weight excluding hydrogens is 661 g/mol. The van der Waals surface area contributed by atoms with Crippen LogP contribution in [0.5, 0.6) is 0 Å². The maximum Gasteiger partial charge on any atom is 0.194 e. The Hall–Kier alpha value is -4.40. The van der Waals surface area contributed by atoms with Gasteiger partial charge in [0, 0.05) is 9.85 Å². The van der Waals surface area contributed by atoms with Crippen LogP contribution >= 0.6 is 0 Å². The van der Waals surface area contributed by atoms with Crippen LogP contribution < -0.4 is 11.5 Å². The van der Waals surface area contributed by atoms with E-state index in [1.807, 2.05) is 256 Å². The topological polar surface area (TPSA) is 138 Å². The maximum absolute atomic E-state index is 8.81. The van der Waals surface area contributed by atoms with E-state index in [4.69, 9.17) is 20.2 Å². The summed E-state index contributed by atoms with van der Waals surface area (Å²) in [5.74, 6) is 0. The predicted octanol–water partition coefficient (Wildman–Crippen LogP) is 14.5. The van der Waals surface area contributed by atoms with Gasteiger partial charge in [-0.05, 0) is 14.1 Å². The van der Waals surface area contributed by atoms with E-state index in [0.29, 0.717) is 0 Å². The van der Waals surface area contributed by atoms with Crippen LogP contribution in [0.15, 0.2) is 146 Å². The molecule has 0 saturated carbocycles. The van der Waals surface area contributed by atoms with Gasteiger partial charge in [-0.15, -0.1) is 0 Å². The van der Waals surface area contributed by atoms with Crippen LogP contribution in [-0.4, -0.2) is 38.0 Å². The molecule has 0 radical (unpaired) electrons. The number of nitrogens with two attached hydrogens (primary N) is 2. The summed E-state index contributed by atoms with van der Waals surface area (Å²) in [6.45, 7) is 32.0. The highest BCUT2D eigenvalue weighted by atomic mass is 16.6. The molecule has 0 aromatic heterocycles. The van der Waals surface area contributed by atoms with E-state index in [1.54, 1.807) is 0 Å². The van der Waals surface area contributed by atoms with Gasteiger partial charge in [0.05, 0.1) is 0 Å². The SMILES string of the molecule is C.CC.CC.CC.CC.CC.CC.CC.CC.CN.CN.C[N+](=O)[O-].C[N+](=O)[O-].c1ccccc1.c1ccccc1.c1ccccc1.c1ccccc1. The van der Waals surface area contributed by atoms with E-state index in [9.17, 15) is 0 Å². The van der Waals surface area contributed by atoms with Crippen molar-refractivity contribution in [2.24, 2.45) is 11.5 Å². The van der Waals surface area contributed by atoms with Crippen LogP contribution in [0.2, 0.25) is 0 Å². The van der Waals surface area contributed by atoms with Crippen LogP contribution in [0.4, 0.5) is 0 Å². The van der Waals surface area contributed by atoms with Gasteiger partial charge in [-0.2, -0.15) is 0 Å². The lowest BCUT2D eigenvalue weighted by molar-refractivity contribution is -0.445. The second-order valence-corrected chi connectivity index (χ2v) is 5.50. The smallest absolute Gasteiger partial charge is 0.194 e. The summed E-state index contributed by atoms with van der Waals surface area (Å²) in [6.07, 6.45) is 0. The van der Waals surface area contributed by atoms with E-state index in [2.05, 4.69) is 11.5 Å². The third-order valence-electron chi connectivity index (χ3n) is 2.67. The molecule has 0 aliphatic heterocycles. The molecule has 53 heavy (non-hydrogen) atoms. The molecule has 0 heterocycles. The fourth-order valence-corrected chi connectivity index (χ4v) is 1.54. The van der Waals surface area contributed by atoms with Gasteiger partial charge >= 0.3 is 0 Å². The van der Waals surface area contributed by atoms with Crippen LogP contribution in [0.25, 0.3) is 0 Å². The highest BCUT2D eigenvalue weighted by Crippen LogP contribution is 1.81. The molecular formula is C45H92N4O4. The van der Waals surface area contributed by atoms with Crippen LogP contribution in [0, 0.1) is 20.2 Å². The largest absolute Gasteiger partial charge is 0.333 e. The Kier molecular flexibility index (Phi) is 259. The number of benzene rings is 4.